The number of hydrogen-bond acceptors (Lipinski definition) is 5. The van der Waals surface area contributed by atoms with Crippen LogP contribution in [0.25, 0.3) is 10.8 Å². The van der Waals surface area contributed by atoms with Crippen LogP contribution < -0.4 is 5.32 Å². The van der Waals surface area contributed by atoms with E-state index in [0.29, 0.717) is 16.4 Å². The van der Waals surface area contributed by atoms with Gasteiger partial charge in [-0.2, -0.15) is 8.42 Å². The molecule has 0 radical (unpaired) electrons. The average Bonchev–Trinajstić information content (AvgIpc) is 2.89. The number of hydrogen-bond donors (Lipinski definition) is 2. The van der Waals surface area contributed by atoms with Gasteiger partial charge in [-0.3, -0.25) is 4.55 Å². The van der Waals surface area contributed by atoms with E-state index in [9.17, 15) is 13.0 Å². The maximum atomic E-state index is 11.4. The third-order valence-corrected chi connectivity index (χ3v) is 5.14. The molecule has 0 aliphatic rings. The van der Waals surface area contributed by atoms with E-state index in [0.717, 1.165) is 16.0 Å². The number of aromatic nitrogens is 1. The smallest absolute Gasteiger partial charge is 0.295 e. The van der Waals surface area contributed by atoms with Crippen molar-refractivity contribution in [3.05, 3.63) is 51.9 Å². The maximum Gasteiger partial charge on any atom is 0.295 e. The van der Waals surface area contributed by atoms with E-state index in [1.807, 2.05) is 6.07 Å². The summed E-state index contributed by atoms with van der Waals surface area (Å²) in [4.78, 5) is 4.87. The summed E-state index contributed by atoms with van der Waals surface area (Å²) in [5.74, 6) is 0. The molecule has 1 heterocycles. The van der Waals surface area contributed by atoms with E-state index in [2.05, 4.69) is 10.3 Å². The fraction of sp³-hybridized carbons (Fsp3) is 0.0714. The molecule has 5 nitrogen and oxygen atoms in total. The Hall–Kier alpha value is -1.67. The van der Waals surface area contributed by atoms with Gasteiger partial charge in [0.25, 0.3) is 10.1 Å². The minimum Gasteiger partial charge on any atom is -0.380 e. The van der Waals surface area contributed by atoms with Crippen molar-refractivity contribution >= 4 is 49.5 Å². The van der Waals surface area contributed by atoms with Gasteiger partial charge in [-0.15, -0.1) is 11.3 Å². The highest BCUT2D eigenvalue weighted by Gasteiger charge is 2.13. The standard InChI is InChI=1S/C14H11ClN2O3S2/c15-14-17-8-11(21-14)7-16-10-4-5-12-9(6-10)2-1-3-13(12)22(18,19)20/h1-6,8,16H,7H2,(H,18,19,20). The van der Waals surface area contributed by atoms with Gasteiger partial charge < -0.3 is 5.32 Å². The van der Waals surface area contributed by atoms with Gasteiger partial charge in [-0.1, -0.05) is 29.8 Å². The maximum absolute atomic E-state index is 11.4. The molecule has 0 bridgehead atoms. The van der Waals surface area contributed by atoms with Crippen molar-refractivity contribution in [2.75, 3.05) is 5.32 Å². The highest BCUT2D eigenvalue weighted by Crippen LogP contribution is 2.26. The first-order valence-electron chi connectivity index (χ1n) is 6.28. The van der Waals surface area contributed by atoms with Crippen LogP contribution in [0.2, 0.25) is 4.47 Å². The van der Waals surface area contributed by atoms with Crippen LogP contribution in [-0.4, -0.2) is 18.0 Å². The minimum atomic E-state index is -4.24. The quantitative estimate of drug-likeness (QED) is 0.696. The molecular formula is C14H11ClN2O3S2. The van der Waals surface area contributed by atoms with Crippen LogP contribution in [0.3, 0.4) is 0 Å². The Morgan fingerprint density at radius 1 is 1.27 bits per heavy atom. The lowest BCUT2D eigenvalue weighted by atomic mass is 10.1. The molecule has 114 valence electrons. The third kappa shape index (κ3) is 3.22. The SMILES string of the molecule is O=S(=O)(O)c1cccc2cc(NCc3cnc(Cl)s3)ccc12. The second kappa shape index (κ2) is 5.85. The lowest BCUT2D eigenvalue weighted by Crippen LogP contribution is -2.00. The van der Waals surface area contributed by atoms with E-state index < -0.39 is 10.1 Å². The Labute approximate surface area is 136 Å². The van der Waals surface area contributed by atoms with Crippen molar-refractivity contribution < 1.29 is 13.0 Å². The molecule has 1 aromatic heterocycles. The monoisotopic (exact) mass is 354 g/mol. The Morgan fingerprint density at radius 2 is 2.09 bits per heavy atom. The minimum absolute atomic E-state index is 0.0919. The van der Waals surface area contributed by atoms with Gasteiger partial charge in [0.1, 0.15) is 4.90 Å². The first-order valence-corrected chi connectivity index (χ1v) is 8.91. The second-order valence-corrected chi connectivity index (χ2v) is 7.69. The van der Waals surface area contributed by atoms with Crippen molar-refractivity contribution in [2.24, 2.45) is 0 Å². The Morgan fingerprint density at radius 3 is 2.77 bits per heavy atom. The molecule has 8 heteroatoms. The van der Waals surface area contributed by atoms with Crippen molar-refractivity contribution in [3.8, 4) is 0 Å². The molecule has 2 aromatic carbocycles. The fourth-order valence-electron chi connectivity index (χ4n) is 2.14. The highest BCUT2D eigenvalue weighted by atomic mass is 35.5. The molecule has 3 aromatic rings. The second-order valence-electron chi connectivity index (χ2n) is 4.60. The summed E-state index contributed by atoms with van der Waals surface area (Å²) in [6, 6.07) is 10.0. The number of benzene rings is 2. The Kier molecular flexibility index (Phi) is 4.05. The van der Waals surface area contributed by atoms with Crippen LogP contribution in [0.4, 0.5) is 5.69 Å². The molecule has 22 heavy (non-hydrogen) atoms. The molecule has 0 saturated heterocycles. The Balaban J connectivity index is 1.90. The lowest BCUT2D eigenvalue weighted by Gasteiger charge is -2.08. The normalized spacial score (nSPS) is 11.7. The summed E-state index contributed by atoms with van der Waals surface area (Å²) in [6.07, 6.45) is 1.71. The largest absolute Gasteiger partial charge is 0.380 e. The number of rotatable bonds is 4. The summed E-state index contributed by atoms with van der Waals surface area (Å²) in [7, 11) is -4.24. The topological polar surface area (TPSA) is 79.3 Å². The molecule has 0 atom stereocenters. The molecule has 0 fully saturated rings. The van der Waals surface area contributed by atoms with Gasteiger partial charge in [0.2, 0.25) is 0 Å². The summed E-state index contributed by atoms with van der Waals surface area (Å²) >= 11 is 7.18. The van der Waals surface area contributed by atoms with Crippen molar-refractivity contribution in [3.63, 3.8) is 0 Å². The number of nitrogens with zero attached hydrogens (tertiary/aromatic N) is 1. The number of nitrogens with one attached hydrogen (secondary N) is 1. The number of anilines is 1. The molecule has 0 aliphatic carbocycles. The summed E-state index contributed by atoms with van der Waals surface area (Å²) < 4.78 is 32.5. The van der Waals surface area contributed by atoms with Crippen LogP contribution in [0.1, 0.15) is 4.88 Å². The van der Waals surface area contributed by atoms with Crippen molar-refractivity contribution in [2.45, 2.75) is 11.4 Å². The van der Waals surface area contributed by atoms with Gasteiger partial charge >= 0.3 is 0 Å². The highest BCUT2D eigenvalue weighted by molar-refractivity contribution is 7.86. The van der Waals surface area contributed by atoms with Gasteiger partial charge in [0.15, 0.2) is 4.47 Å². The van der Waals surface area contributed by atoms with E-state index in [4.69, 9.17) is 11.6 Å². The number of halogens is 1. The van der Waals surface area contributed by atoms with Crippen LogP contribution >= 0.6 is 22.9 Å². The first kappa shape index (κ1) is 15.2. The molecule has 2 N–H and O–H groups in total. The summed E-state index contributed by atoms with van der Waals surface area (Å²) in [6.45, 7) is 0.577. The van der Waals surface area contributed by atoms with Gasteiger partial charge in [-0.05, 0) is 23.6 Å². The summed E-state index contributed by atoms with van der Waals surface area (Å²) in [5, 5.41) is 4.43. The molecule has 0 unspecified atom stereocenters. The molecule has 0 saturated carbocycles. The van der Waals surface area contributed by atoms with Crippen LogP contribution in [0.15, 0.2) is 47.5 Å². The Bertz CT molecular complexity index is 938. The third-order valence-electron chi connectivity index (χ3n) is 3.11. The zero-order chi connectivity index (χ0) is 15.7. The lowest BCUT2D eigenvalue weighted by molar-refractivity contribution is 0.484. The molecule has 0 aliphatic heterocycles. The predicted molar refractivity (Wildman–Crippen MR) is 88.2 cm³/mol. The average molecular weight is 355 g/mol. The first-order chi connectivity index (χ1) is 10.4. The number of fused-ring (bicyclic) bond motifs is 1. The fourth-order valence-corrected chi connectivity index (χ4v) is 3.78. The van der Waals surface area contributed by atoms with Gasteiger partial charge in [0, 0.05) is 22.1 Å². The van der Waals surface area contributed by atoms with Gasteiger partial charge in [0.05, 0.1) is 6.54 Å². The zero-order valence-corrected chi connectivity index (χ0v) is 13.5. The van der Waals surface area contributed by atoms with Crippen molar-refractivity contribution in [1.29, 1.82) is 0 Å². The van der Waals surface area contributed by atoms with Crippen LogP contribution in [0.5, 0.6) is 0 Å². The van der Waals surface area contributed by atoms with E-state index in [-0.39, 0.29) is 4.90 Å². The molecule has 0 spiro atoms. The molecule has 0 amide bonds. The predicted octanol–water partition coefficient (Wildman–Crippen LogP) is 3.81. The van der Waals surface area contributed by atoms with E-state index in [1.165, 1.54) is 17.4 Å². The van der Waals surface area contributed by atoms with E-state index >= 15 is 0 Å². The van der Waals surface area contributed by atoms with Crippen LogP contribution in [-0.2, 0) is 16.7 Å². The van der Waals surface area contributed by atoms with E-state index in [1.54, 1.807) is 30.5 Å². The van der Waals surface area contributed by atoms with Crippen molar-refractivity contribution in [1.82, 2.24) is 4.98 Å². The molecule has 3 rings (SSSR count). The molecular weight excluding hydrogens is 344 g/mol. The van der Waals surface area contributed by atoms with Crippen LogP contribution in [0, 0.1) is 0 Å². The summed E-state index contributed by atoms with van der Waals surface area (Å²) in [5.41, 5.74) is 0.838. The zero-order valence-electron chi connectivity index (χ0n) is 11.2. The van der Waals surface area contributed by atoms with Gasteiger partial charge in [-0.25, -0.2) is 4.98 Å². The number of thiazole rings is 1.